The molecule has 1 aliphatic heterocycles. The molecule has 2 amide bonds. The summed E-state index contributed by atoms with van der Waals surface area (Å²) in [7, 11) is 1.95. The largest absolute Gasteiger partial charge is 0.444 e. The number of amides is 2. The Morgan fingerprint density at radius 2 is 1.73 bits per heavy atom. The predicted octanol–water partition coefficient (Wildman–Crippen LogP) is 1.75. The monoisotopic (exact) mass is 313 g/mol. The van der Waals surface area contributed by atoms with E-state index < -0.39 is 17.7 Å². The zero-order valence-corrected chi connectivity index (χ0v) is 14.7. The quantitative estimate of drug-likeness (QED) is 0.829. The fourth-order valence-corrected chi connectivity index (χ4v) is 2.53. The first-order valence-corrected chi connectivity index (χ1v) is 8.09. The highest BCUT2D eigenvalue weighted by atomic mass is 16.6. The minimum atomic E-state index is -0.570. The van der Waals surface area contributed by atoms with Gasteiger partial charge in [-0.05, 0) is 46.6 Å². The average molecular weight is 313 g/mol. The summed E-state index contributed by atoms with van der Waals surface area (Å²) in [6.07, 6.45) is 1.35. The van der Waals surface area contributed by atoms with E-state index >= 15 is 0 Å². The zero-order chi connectivity index (χ0) is 16.9. The summed E-state index contributed by atoms with van der Waals surface area (Å²) in [5.41, 5.74) is -0.570. The third kappa shape index (κ3) is 5.83. The number of likely N-dealkylation sites (tertiary alicyclic amines) is 1. The van der Waals surface area contributed by atoms with Gasteiger partial charge in [0, 0.05) is 19.1 Å². The highest BCUT2D eigenvalue weighted by Crippen LogP contribution is 2.15. The summed E-state index contributed by atoms with van der Waals surface area (Å²) in [4.78, 5) is 26.5. The van der Waals surface area contributed by atoms with Crippen LogP contribution in [0.1, 0.15) is 47.5 Å². The number of rotatable bonds is 4. The smallest absolute Gasteiger partial charge is 0.408 e. The zero-order valence-electron chi connectivity index (χ0n) is 14.7. The number of carbonyl (C=O) groups is 2. The molecule has 1 aliphatic rings. The van der Waals surface area contributed by atoms with Gasteiger partial charge in [0.2, 0.25) is 5.91 Å². The first-order valence-electron chi connectivity index (χ1n) is 8.09. The van der Waals surface area contributed by atoms with Crippen molar-refractivity contribution in [1.82, 2.24) is 15.5 Å². The molecule has 1 atom stereocenters. The molecule has 0 aromatic carbocycles. The normalized spacial score (nSPS) is 18.2. The van der Waals surface area contributed by atoms with Crippen LogP contribution in [-0.2, 0) is 9.53 Å². The summed E-state index contributed by atoms with van der Waals surface area (Å²) >= 11 is 0. The summed E-state index contributed by atoms with van der Waals surface area (Å²) in [6, 6.07) is -0.0682. The van der Waals surface area contributed by atoms with E-state index in [0.29, 0.717) is 6.04 Å². The SMILES string of the molecule is CNC1CCN(C(=O)[C@@H](NC(=O)OC(C)(C)C)C(C)C)CC1. The molecule has 6 nitrogen and oxygen atoms in total. The molecule has 1 heterocycles. The first-order chi connectivity index (χ1) is 10.1. The van der Waals surface area contributed by atoms with Crippen molar-refractivity contribution in [3.05, 3.63) is 0 Å². The molecule has 0 bridgehead atoms. The highest BCUT2D eigenvalue weighted by molar-refractivity contribution is 5.86. The number of ether oxygens (including phenoxy) is 1. The molecular formula is C16H31N3O3. The average Bonchev–Trinajstić information content (AvgIpc) is 2.42. The van der Waals surface area contributed by atoms with Crippen LogP contribution in [0.2, 0.25) is 0 Å². The summed E-state index contributed by atoms with van der Waals surface area (Å²) < 4.78 is 5.26. The first kappa shape index (κ1) is 18.7. The van der Waals surface area contributed by atoms with Crippen molar-refractivity contribution < 1.29 is 14.3 Å². The summed E-state index contributed by atoms with van der Waals surface area (Å²) in [5, 5.41) is 5.97. The molecular weight excluding hydrogens is 282 g/mol. The second-order valence-corrected chi connectivity index (χ2v) is 7.26. The van der Waals surface area contributed by atoms with Crippen LogP contribution in [0.3, 0.4) is 0 Å². The van der Waals surface area contributed by atoms with Gasteiger partial charge in [0.15, 0.2) is 0 Å². The fraction of sp³-hybridized carbons (Fsp3) is 0.875. The van der Waals surface area contributed by atoms with Crippen molar-refractivity contribution in [1.29, 1.82) is 0 Å². The van der Waals surface area contributed by atoms with Crippen LogP contribution in [0.25, 0.3) is 0 Å². The van der Waals surface area contributed by atoms with Crippen molar-refractivity contribution in [2.75, 3.05) is 20.1 Å². The maximum atomic E-state index is 12.7. The van der Waals surface area contributed by atoms with Crippen LogP contribution < -0.4 is 10.6 Å². The van der Waals surface area contributed by atoms with Gasteiger partial charge in [-0.15, -0.1) is 0 Å². The number of hydrogen-bond donors (Lipinski definition) is 2. The van der Waals surface area contributed by atoms with Crippen LogP contribution in [0.5, 0.6) is 0 Å². The van der Waals surface area contributed by atoms with Crippen molar-refractivity contribution in [3.8, 4) is 0 Å². The van der Waals surface area contributed by atoms with Gasteiger partial charge in [-0.1, -0.05) is 13.8 Å². The van der Waals surface area contributed by atoms with Gasteiger partial charge >= 0.3 is 6.09 Å². The summed E-state index contributed by atoms with van der Waals surface area (Å²) in [6.45, 7) is 10.7. The third-order valence-electron chi connectivity index (χ3n) is 3.82. The Labute approximate surface area is 134 Å². The Morgan fingerprint density at radius 1 is 1.18 bits per heavy atom. The Balaban J connectivity index is 2.63. The molecule has 0 spiro atoms. The number of piperidine rings is 1. The Hall–Kier alpha value is -1.30. The second-order valence-electron chi connectivity index (χ2n) is 7.26. The van der Waals surface area contributed by atoms with E-state index in [9.17, 15) is 9.59 Å². The van der Waals surface area contributed by atoms with Crippen LogP contribution in [-0.4, -0.2) is 54.7 Å². The maximum absolute atomic E-state index is 12.7. The van der Waals surface area contributed by atoms with Crippen LogP contribution in [0, 0.1) is 5.92 Å². The van der Waals surface area contributed by atoms with E-state index in [0.717, 1.165) is 25.9 Å². The second kappa shape index (κ2) is 7.81. The lowest BCUT2D eigenvalue weighted by Crippen LogP contribution is -2.54. The number of nitrogens with one attached hydrogen (secondary N) is 2. The number of alkyl carbamates (subject to hydrolysis) is 1. The van der Waals surface area contributed by atoms with Crippen LogP contribution in [0.15, 0.2) is 0 Å². The molecule has 22 heavy (non-hydrogen) atoms. The lowest BCUT2D eigenvalue weighted by atomic mass is 10.00. The fourth-order valence-electron chi connectivity index (χ4n) is 2.53. The van der Waals surface area contributed by atoms with Gasteiger partial charge < -0.3 is 20.3 Å². The van der Waals surface area contributed by atoms with Crippen molar-refractivity contribution in [3.63, 3.8) is 0 Å². The van der Waals surface area contributed by atoms with E-state index in [4.69, 9.17) is 4.74 Å². The van der Waals surface area contributed by atoms with Gasteiger partial charge in [0.1, 0.15) is 11.6 Å². The van der Waals surface area contributed by atoms with E-state index in [1.165, 1.54) is 0 Å². The molecule has 0 aliphatic carbocycles. The molecule has 6 heteroatoms. The molecule has 0 unspecified atom stereocenters. The van der Waals surface area contributed by atoms with Gasteiger partial charge in [-0.25, -0.2) is 4.79 Å². The molecule has 128 valence electrons. The Bertz CT molecular complexity index is 383. The van der Waals surface area contributed by atoms with Gasteiger partial charge in [-0.2, -0.15) is 0 Å². The number of hydrogen-bond acceptors (Lipinski definition) is 4. The lowest BCUT2D eigenvalue weighted by Gasteiger charge is -2.35. The number of carbonyl (C=O) groups excluding carboxylic acids is 2. The molecule has 1 rings (SSSR count). The molecule has 0 saturated carbocycles. The van der Waals surface area contributed by atoms with Crippen LogP contribution >= 0.6 is 0 Å². The van der Waals surface area contributed by atoms with E-state index in [1.807, 2.05) is 25.8 Å². The topological polar surface area (TPSA) is 70.7 Å². The minimum Gasteiger partial charge on any atom is -0.444 e. The van der Waals surface area contributed by atoms with Crippen molar-refractivity contribution in [2.24, 2.45) is 5.92 Å². The van der Waals surface area contributed by atoms with Gasteiger partial charge in [0.25, 0.3) is 0 Å². The maximum Gasteiger partial charge on any atom is 0.408 e. The van der Waals surface area contributed by atoms with E-state index in [2.05, 4.69) is 10.6 Å². The predicted molar refractivity (Wildman–Crippen MR) is 86.7 cm³/mol. The van der Waals surface area contributed by atoms with Crippen molar-refractivity contribution >= 4 is 12.0 Å². The lowest BCUT2D eigenvalue weighted by molar-refractivity contribution is -0.135. The third-order valence-corrected chi connectivity index (χ3v) is 3.82. The van der Waals surface area contributed by atoms with Gasteiger partial charge in [0.05, 0.1) is 0 Å². The van der Waals surface area contributed by atoms with Gasteiger partial charge in [-0.3, -0.25) is 4.79 Å². The van der Waals surface area contributed by atoms with Crippen LogP contribution in [0.4, 0.5) is 4.79 Å². The molecule has 1 saturated heterocycles. The Kier molecular flexibility index (Phi) is 6.66. The molecule has 2 N–H and O–H groups in total. The highest BCUT2D eigenvalue weighted by Gasteiger charge is 2.32. The van der Waals surface area contributed by atoms with E-state index in [1.54, 1.807) is 20.8 Å². The standard InChI is InChI=1S/C16H31N3O3/c1-11(2)13(18-15(21)22-16(3,4)5)14(20)19-9-7-12(17-6)8-10-19/h11-13,17H,7-10H2,1-6H3,(H,18,21)/t13-/m0/s1. The molecule has 1 fully saturated rings. The van der Waals surface area contributed by atoms with Crippen molar-refractivity contribution in [2.45, 2.75) is 65.1 Å². The summed E-state index contributed by atoms with van der Waals surface area (Å²) in [5.74, 6) is -0.00236. The number of nitrogens with zero attached hydrogens (tertiary/aromatic N) is 1. The molecule has 0 aromatic rings. The minimum absolute atomic E-state index is 0.0158. The molecule has 0 radical (unpaired) electrons. The Morgan fingerprint density at radius 3 is 2.14 bits per heavy atom. The van der Waals surface area contributed by atoms with E-state index in [-0.39, 0.29) is 11.8 Å². The molecule has 0 aromatic heterocycles.